The van der Waals surface area contributed by atoms with Crippen LogP contribution in [-0.4, -0.2) is 29.8 Å². The molecule has 2 aromatic rings. The van der Waals surface area contributed by atoms with Gasteiger partial charge in [0, 0.05) is 24.7 Å². The normalized spacial score (nSPS) is 14.9. The van der Waals surface area contributed by atoms with E-state index in [1.165, 1.54) is 11.1 Å². The molecule has 0 bridgehead atoms. The Bertz CT molecular complexity index is 802. The number of likely N-dealkylation sites (tertiary alicyclic amines) is 1. The number of carbonyl (C=O) groups is 2. The molecule has 4 nitrogen and oxygen atoms in total. The van der Waals surface area contributed by atoms with Gasteiger partial charge in [-0.1, -0.05) is 55.8 Å². The van der Waals surface area contributed by atoms with Crippen molar-refractivity contribution in [2.45, 2.75) is 46.0 Å². The van der Waals surface area contributed by atoms with Crippen LogP contribution in [0.15, 0.2) is 48.5 Å². The van der Waals surface area contributed by atoms with E-state index >= 15 is 0 Å². The Morgan fingerprint density at radius 3 is 2.18 bits per heavy atom. The maximum absolute atomic E-state index is 12.6. The summed E-state index contributed by atoms with van der Waals surface area (Å²) in [7, 11) is 0. The van der Waals surface area contributed by atoms with Crippen molar-refractivity contribution < 1.29 is 9.59 Å². The van der Waals surface area contributed by atoms with Gasteiger partial charge in [-0.3, -0.25) is 9.59 Å². The lowest BCUT2D eigenvalue weighted by Gasteiger charge is -2.31. The second-order valence-corrected chi connectivity index (χ2v) is 8.08. The molecule has 0 saturated carbocycles. The Morgan fingerprint density at radius 1 is 1.00 bits per heavy atom. The van der Waals surface area contributed by atoms with Gasteiger partial charge >= 0.3 is 0 Å². The molecule has 0 unspecified atom stereocenters. The first-order chi connectivity index (χ1) is 13.4. The summed E-state index contributed by atoms with van der Waals surface area (Å²) in [4.78, 5) is 27.0. The van der Waals surface area contributed by atoms with Crippen LogP contribution in [0.3, 0.4) is 0 Å². The molecule has 28 heavy (non-hydrogen) atoms. The largest absolute Gasteiger partial charge is 0.342 e. The maximum Gasteiger partial charge on any atom is 0.227 e. The number of anilines is 1. The average molecular weight is 379 g/mol. The van der Waals surface area contributed by atoms with E-state index in [0.29, 0.717) is 25.4 Å². The number of carbonyl (C=O) groups excluding carboxylic acids is 2. The molecule has 1 N–H and O–H groups in total. The van der Waals surface area contributed by atoms with Crippen molar-refractivity contribution >= 4 is 17.5 Å². The molecule has 0 aliphatic carbocycles. The first-order valence-corrected chi connectivity index (χ1v) is 10.2. The summed E-state index contributed by atoms with van der Waals surface area (Å²) in [5.74, 6) is 0.648. The van der Waals surface area contributed by atoms with Crippen LogP contribution in [0.4, 0.5) is 5.69 Å². The second-order valence-electron chi connectivity index (χ2n) is 8.08. The molecular formula is C24H30N2O2. The van der Waals surface area contributed by atoms with Crippen LogP contribution in [0, 0.1) is 12.8 Å². The number of nitrogens with one attached hydrogen (secondary N) is 1. The number of hydrogen-bond acceptors (Lipinski definition) is 2. The average Bonchev–Trinajstić information content (AvgIpc) is 2.70. The van der Waals surface area contributed by atoms with E-state index in [4.69, 9.17) is 0 Å². The number of benzene rings is 2. The smallest absolute Gasteiger partial charge is 0.227 e. The van der Waals surface area contributed by atoms with Crippen LogP contribution >= 0.6 is 0 Å². The summed E-state index contributed by atoms with van der Waals surface area (Å²) in [6.45, 7) is 7.65. The van der Waals surface area contributed by atoms with Crippen molar-refractivity contribution in [2.24, 2.45) is 5.92 Å². The zero-order valence-corrected chi connectivity index (χ0v) is 17.1. The van der Waals surface area contributed by atoms with Crippen molar-refractivity contribution in [1.29, 1.82) is 0 Å². The number of piperidine rings is 1. The number of amides is 2. The zero-order valence-electron chi connectivity index (χ0n) is 17.1. The van der Waals surface area contributed by atoms with Gasteiger partial charge in [0.2, 0.25) is 11.8 Å². The fourth-order valence-electron chi connectivity index (χ4n) is 3.58. The van der Waals surface area contributed by atoms with Crippen LogP contribution in [0.1, 0.15) is 49.3 Å². The second kappa shape index (κ2) is 9.05. The Hall–Kier alpha value is -2.62. The van der Waals surface area contributed by atoms with Gasteiger partial charge in [0.1, 0.15) is 0 Å². The quantitative estimate of drug-likeness (QED) is 0.830. The van der Waals surface area contributed by atoms with E-state index in [1.807, 2.05) is 48.2 Å². The summed E-state index contributed by atoms with van der Waals surface area (Å²) >= 11 is 0. The highest BCUT2D eigenvalue weighted by atomic mass is 16.2. The van der Waals surface area contributed by atoms with Crippen LogP contribution in [-0.2, 0) is 16.0 Å². The lowest BCUT2D eigenvalue weighted by atomic mass is 9.95. The lowest BCUT2D eigenvalue weighted by molar-refractivity contribution is -0.133. The highest BCUT2D eigenvalue weighted by molar-refractivity contribution is 5.92. The van der Waals surface area contributed by atoms with Crippen molar-refractivity contribution in [3.63, 3.8) is 0 Å². The van der Waals surface area contributed by atoms with E-state index in [9.17, 15) is 9.59 Å². The third-order valence-corrected chi connectivity index (χ3v) is 5.54. The fourth-order valence-corrected chi connectivity index (χ4v) is 3.58. The first-order valence-electron chi connectivity index (χ1n) is 10.2. The molecule has 0 radical (unpaired) electrons. The number of rotatable bonds is 5. The minimum atomic E-state index is -0.0341. The minimum absolute atomic E-state index is 0.0341. The topological polar surface area (TPSA) is 49.4 Å². The summed E-state index contributed by atoms with van der Waals surface area (Å²) in [6.07, 6.45) is 1.87. The number of nitrogens with zero attached hydrogens (tertiary/aromatic N) is 1. The monoisotopic (exact) mass is 378 g/mol. The molecule has 1 aliphatic rings. The van der Waals surface area contributed by atoms with E-state index in [0.717, 1.165) is 24.1 Å². The predicted octanol–water partition coefficient (Wildman–Crippen LogP) is 4.54. The molecule has 1 fully saturated rings. The summed E-state index contributed by atoms with van der Waals surface area (Å²) in [6, 6.07) is 16.1. The molecular weight excluding hydrogens is 348 g/mol. The lowest BCUT2D eigenvalue weighted by Crippen LogP contribution is -2.42. The number of hydrogen-bond donors (Lipinski definition) is 1. The third kappa shape index (κ3) is 5.22. The predicted molar refractivity (Wildman–Crippen MR) is 113 cm³/mol. The molecule has 1 heterocycles. The van der Waals surface area contributed by atoms with Crippen LogP contribution < -0.4 is 5.32 Å². The Morgan fingerprint density at radius 2 is 1.61 bits per heavy atom. The first kappa shape index (κ1) is 20.1. The van der Waals surface area contributed by atoms with E-state index < -0.39 is 0 Å². The molecule has 148 valence electrons. The molecule has 2 aromatic carbocycles. The fraction of sp³-hybridized carbons (Fsp3) is 0.417. The molecule has 2 amide bonds. The van der Waals surface area contributed by atoms with Crippen molar-refractivity contribution in [3.05, 3.63) is 65.2 Å². The summed E-state index contributed by atoms with van der Waals surface area (Å²) < 4.78 is 0. The molecule has 0 atom stereocenters. The van der Waals surface area contributed by atoms with Crippen LogP contribution in [0.5, 0.6) is 0 Å². The van der Waals surface area contributed by atoms with E-state index in [1.54, 1.807) is 0 Å². The van der Waals surface area contributed by atoms with Gasteiger partial charge in [-0.25, -0.2) is 0 Å². The Balaban J connectivity index is 1.48. The van der Waals surface area contributed by atoms with Crippen molar-refractivity contribution in [1.82, 2.24) is 4.90 Å². The standard InChI is InChI=1S/C24H30N2O2/c1-17(2)20-8-10-22(11-9-20)25-24(28)21-12-14-26(15-13-21)23(27)16-19-6-4-18(3)5-7-19/h4-11,17,21H,12-16H2,1-3H3,(H,25,28). The van der Waals surface area contributed by atoms with Crippen LogP contribution in [0.25, 0.3) is 0 Å². The van der Waals surface area contributed by atoms with Gasteiger partial charge < -0.3 is 10.2 Å². The van der Waals surface area contributed by atoms with Gasteiger partial charge in [0.05, 0.1) is 6.42 Å². The Kier molecular flexibility index (Phi) is 6.50. The maximum atomic E-state index is 12.6. The molecule has 1 aliphatic heterocycles. The third-order valence-electron chi connectivity index (χ3n) is 5.54. The molecule has 0 aromatic heterocycles. The summed E-state index contributed by atoms with van der Waals surface area (Å²) in [5, 5.41) is 3.02. The summed E-state index contributed by atoms with van der Waals surface area (Å²) in [5.41, 5.74) is 4.34. The molecule has 0 spiro atoms. The SMILES string of the molecule is Cc1ccc(CC(=O)N2CCC(C(=O)Nc3ccc(C(C)C)cc3)CC2)cc1. The molecule has 4 heteroatoms. The van der Waals surface area contributed by atoms with Crippen molar-refractivity contribution in [2.75, 3.05) is 18.4 Å². The molecule has 1 saturated heterocycles. The Labute approximate surface area is 167 Å². The van der Waals surface area contributed by atoms with Crippen molar-refractivity contribution in [3.8, 4) is 0 Å². The van der Waals surface area contributed by atoms with Gasteiger partial charge in [-0.15, -0.1) is 0 Å². The van der Waals surface area contributed by atoms with Crippen LogP contribution in [0.2, 0.25) is 0 Å². The molecule has 3 rings (SSSR count). The van der Waals surface area contributed by atoms with Gasteiger partial charge in [-0.2, -0.15) is 0 Å². The van der Waals surface area contributed by atoms with E-state index in [-0.39, 0.29) is 17.7 Å². The zero-order chi connectivity index (χ0) is 20.1. The number of aryl methyl sites for hydroxylation is 1. The van der Waals surface area contributed by atoms with Gasteiger partial charge in [0.15, 0.2) is 0 Å². The van der Waals surface area contributed by atoms with E-state index in [2.05, 4.69) is 31.3 Å². The van der Waals surface area contributed by atoms with Gasteiger partial charge in [0.25, 0.3) is 0 Å². The minimum Gasteiger partial charge on any atom is -0.342 e. The van der Waals surface area contributed by atoms with Gasteiger partial charge in [-0.05, 0) is 48.9 Å². The highest BCUT2D eigenvalue weighted by Crippen LogP contribution is 2.22. The highest BCUT2D eigenvalue weighted by Gasteiger charge is 2.27.